The lowest BCUT2D eigenvalue weighted by Gasteiger charge is -2.23. The highest BCUT2D eigenvalue weighted by atomic mass is 32.2. The number of aryl methyl sites for hydroxylation is 1. The van der Waals surface area contributed by atoms with Crippen molar-refractivity contribution in [3.8, 4) is 5.69 Å². The second kappa shape index (κ2) is 7.91. The first kappa shape index (κ1) is 19.4. The molecule has 0 saturated heterocycles. The van der Waals surface area contributed by atoms with E-state index in [2.05, 4.69) is 10.4 Å². The van der Waals surface area contributed by atoms with Crippen molar-refractivity contribution in [1.82, 2.24) is 24.6 Å². The molecule has 1 fully saturated rings. The maximum Gasteiger partial charge on any atom is 0.265 e. The van der Waals surface area contributed by atoms with E-state index in [1.165, 1.54) is 31.0 Å². The fraction of sp³-hybridized carbons (Fsp3) is 0.455. The number of fused-ring (bicyclic) bond motifs is 2. The Hall–Kier alpha value is -2.61. The van der Waals surface area contributed by atoms with Crippen molar-refractivity contribution in [1.29, 1.82) is 0 Å². The molecule has 1 atom stereocenters. The zero-order valence-electron chi connectivity index (χ0n) is 17.0. The van der Waals surface area contributed by atoms with Crippen LogP contribution < -0.4 is 10.9 Å². The van der Waals surface area contributed by atoms with Crippen LogP contribution in [0.5, 0.6) is 0 Å². The first-order valence-corrected chi connectivity index (χ1v) is 11.6. The Labute approximate surface area is 178 Å². The van der Waals surface area contributed by atoms with Crippen LogP contribution in [-0.2, 0) is 4.79 Å². The van der Waals surface area contributed by atoms with Gasteiger partial charge < -0.3 is 5.32 Å². The number of para-hydroxylation sites is 1. The fourth-order valence-electron chi connectivity index (χ4n) is 4.51. The molecule has 2 aromatic heterocycles. The topological polar surface area (TPSA) is 81.8 Å². The minimum atomic E-state index is -0.167. The molecule has 0 spiro atoms. The Morgan fingerprint density at radius 1 is 1.23 bits per heavy atom. The summed E-state index contributed by atoms with van der Waals surface area (Å²) in [4.78, 5) is 30.6. The minimum Gasteiger partial charge on any atom is -0.353 e. The molecule has 3 aromatic rings. The summed E-state index contributed by atoms with van der Waals surface area (Å²) in [7, 11) is 0. The molecule has 1 unspecified atom stereocenters. The van der Waals surface area contributed by atoms with Gasteiger partial charge in [-0.1, -0.05) is 49.2 Å². The van der Waals surface area contributed by atoms with Crippen LogP contribution in [0, 0.1) is 6.92 Å². The van der Waals surface area contributed by atoms with Gasteiger partial charge in [0, 0.05) is 18.2 Å². The van der Waals surface area contributed by atoms with E-state index in [1.807, 2.05) is 31.2 Å². The molecule has 1 N–H and O–H groups in total. The fourth-order valence-corrected chi connectivity index (χ4v) is 5.64. The highest BCUT2D eigenvalue weighted by molar-refractivity contribution is 7.99. The lowest BCUT2D eigenvalue weighted by atomic mass is 9.95. The van der Waals surface area contributed by atoms with Crippen LogP contribution in [0.4, 0.5) is 0 Å². The predicted molar refractivity (Wildman–Crippen MR) is 117 cm³/mol. The molecule has 1 aromatic carbocycles. The molecule has 7 nitrogen and oxygen atoms in total. The number of hydrogen-bond acceptors (Lipinski definition) is 5. The molecule has 156 valence electrons. The third-order valence-electron chi connectivity index (χ3n) is 6.11. The van der Waals surface area contributed by atoms with Gasteiger partial charge in [-0.25, -0.2) is 9.67 Å². The van der Waals surface area contributed by atoms with Gasteiger partial charge in [0.1, 0.15) is 5.39 Å². The van der Waals surface area contributed by atoms with Crippen molar-refractivity contribution in [2.75, 3.05) is 5.75 Å². The van der Waals surface area contributed by atoms with Crippen molar-refractivity contribution in [2.45, 2.75) is 62.7 Å². The Kier molecular flexibility index (Phi) is 5.10. The minimum absolute atomic E-state index is 0.0305. The summed E-state index contributed by atoms with van der Waals surface area (Å²) in [5.41, 5.74) is 2.43. The smallest absolute Gasteiger partial charge is 0.265 e. The van der Waals surface area contributed by atoms with Crippen molar-refractivity contribution in [2.24, 2.45) is 0 Å². The second-order valence-electron chi connectivity index (χ2n) is 8.22. The van der Waals surface area contributed by atoms with E-state index in [4.69, 9.17) is 4.98 Å². The Morgan fingerprint density at radius 3 is 2.83 bits per heavy atom. The van der Waals surface area contributed by atoms with Crippen LogP contribution >= 0.6 is 11.8 Å². The molecule has 1 aliphatic heterocycles. The van der Waals surface area contributed by atoms with Gasteiger partial charge in [-0.3, -0.25) is 14.2 Å². The van der Waals surface area contributed by atoms with Crippen molar-refractivity contribution >= 4 is 28.7 Å². The summed E-state index contributed by atoms with van der Waals surface area (Å²) >= 11 is 1.54. The number of thioether (sulfide) groups is 1. The standard InChI is InChI=1S/C22H25N5O2S/c1-14-7-5-6-10-18(14)27-20-17(12-23-27)21(29)26-16(13-30-22(26)25-20)11-19(28)24-15-8-3-2-4-9-15/h5-7,10,12,15-16H,2-4,8-9,11,13H2,1H3,(H,24,28). The number of amides is 1. The third-order valence-corrected chi connectivity index (χ3v) is 7.20. The number of aromatic nitrogens is 4. The van der Waals surface area contributed by atoms with Crippen LogP contribution in [0.15, 0.2) is 40.4 Å². The van der Waals surface area contributed by atoms with E-state index in [1.54, 1.807) is 15.4 Å². The van der Waals surface area contributed by atoms with Gasteiger partial charge in [-0.2, -0.15) is 5.10 Å². The lowest BCUT2D eigenvalue weighted by molar-refractivity contribution is -0.122. The molecule has 1 saturated carbocycles. The third kappa shape index (κ3) is 3.43. The van der Waals surface area contributed by atoms with E-state index in [-0.39, 0.29) is 23.6 Å². The van der Waals surface area contributed by atoms with E-state index in [9.17, 15) is 9.59 Å². The SMILES string of the molecule is Cc1ccccc1-n1ncc2c(=O)n3c(nc21)SCC3CC(=O)NC1CCCCC1. The quantitative estimate of drug-likeness (QED) is 0.651. The van der Waals surface area contributed by atoms with Gasteiger partial charge in [0.05, 0.1) is 17.9 Å². The lowest BCUT2D eigenvalue weighted by Crippen LogP contribution is -2.38. The Balaban J connectivity index is 1.44. The van der Waals surface area contributed by atoms with Crippen molar-refractivity contribution in [3.63, 3.8) is 0 Å². The molecule has 1 aliphatic carbocycles. The highest BCUT2D eigenvalue weighted by Crippen LogP contribution is 2.33. The monoisotopic (exact) mass is 423 g/mol. The first-order valence-electron chi connectivity index (χ1n) is 10.6. The maximum absolute atomic E-state index is 13.3. The molecule has 1 amide bonds. The summed E-state index contributed by atoms with van der Waals surface area (Å²) in [6.07, 6.45) is 7.64. The van der Waals surface area contributed by atoms with Crippen LogP contribution in [0.2, 0.25) is 0 Å². The summed E-state index contributed by atoms with van der Waals surface area (Å²) in [5.74, 6) is 0.716. The number of benzene rings is 1. The van der Waals surface area contributed by atoms with Crippen molar-refractivity contribution in [3.05, 3.63) is 46.4 Å². The number of nitrogens with zero attached hydrogens (tertiary/aromatic N) is 4. The van der Waals surface area contributed by atoms with Crippen molar-refractivity contribution < 1.29 is 4.79 Å². The number of hydrogen-bond donors (Lipinski definition) is 1. The molecular formula is C22H25N5O2S. The first-order chi connectivity index (χ1) is 14.6. The number of rotatable bonds is 4. The predicted octanol–water partition coefficient (Wildman–Crippen LogP) is 3.38. The molecule has 30 heavy (non-hydrogen) atoms. The van der Waals surface area contributed by atoms with E-state index < -0.39 is 0 Å². The van der Waals surface area contributed by atoms with E-state index in [0.717, 1.165) is 24.1 Å². The average molecular weight is 424 g/mol. The largest absolute Gasteiger partial charge is 0.353 e. The molecule has 2 aliphatic rings. The van der Waals surface area contributed by atoms with Crippen LogP contribution in [0.1, 0.15) is 50.1 Å². The molecule has 3 heterocycles. The summed E-state index contributed by atoms with van der Waals surface area (Å²) in [6.45, 7) is 2.01. The van der Waals surface area contributed by atoms with Crippen LogP contribution in [0.3, 0.4) is 0 Å². The summed E-state index contributed by atoms with van der Waals surface area (Å²) < 4.78 is 3.42. The maximum atomic E-state index is 13.3. The highest BCUT2D eigenvalue weighted by Gasteiger charge is 2.30. The zero-order chi connectivity index (χ0) is 20.7. The molecule has 0 radical (unpaired) electrons. The molecular weight excluding hydrogens is 398 g/mol. The van der Waals surface area contributed by atoms with Gasteiger partial charge in [-0.05, 0) is 31.4 Å². The molecule has 8 heteroatoms. The molecule has 5 rings (SSSR count). The summed E-state index contributed by atoms with van der Waals surface area (Å²) in [5, 5.41) is 8.76. The average Bonchev–Trinajstić information content (AvgIpc) is 3.34. The van der Waals surface area contributed by atoms with E-state index >= 15 is 0 Å². The zero-order valence-corrected chi connectivity index (χ0v) is 17.8. The van der Waals surface area contributed by atoms with Gasteiger partial charge in [0.2, 0.25) is 5.91 Å². The van der Waals surface area contributed by atoms with Gasteiger partial charge in [0.15, 0.2) is 10.8 Å². The van der Waals surface area contributed by atoms with Gasteiger partial charge in [0.25, 0.3) is 5.56 Å². The molecule has 0 bridgehead atoms. The normalized spacial score (nSPS) is 19.2. The number of nitrogens with one attached hydrogen (secondary N) is 1. The second-order valence-corrected chi connectivity index (χ2v) is 9.21. The van der Waals surface area contributed by atoms with Gasteiger partial charge in [-0.15, -0.1) is 0 Å². The Bertz CT molecular complexity index is 1160. The van der Waals surface area contributed by atoms with E-state index in [0.29, 0.717) is 28.4 Å². The summed E-state index contributed by atoms with van der Waals surface area (Å²) in [6, 6.07) is 8.03. The van der Waals surface area contributed by atoms with Gasteiger partial charge >= 0.3 is 0 Å². The number of carbonyl (C=O) groups excluding carboxylic acids is 1. The number of carbonyl (C=O) groups is 1. The van der Waals surface area contributed by atoms with Crippen LogP contribution in [0.25, 0.3) is 16.7 Å². The Morgan fingerprint density at radius 2 is 2.03 bits per heavy atom. The van der Waals surface area contributed by atoms with Crippen LogP contribution in [-0.4, -0.2) is 37.0 Å².